The summed E-state index contributed by atoms with van der Waals surface area (Å²) in [6, 6.07) is 24.3. The van der Waals surface area contributed by atoms with E-state index in [1.54, 1.807) is 41.3 Å². The number of primary amides is 1. The van der Waals surface area contributed by atoms with Crippen molar-refractivity contribution in [3.8, 4) is 0 Å². The minimum absolute atomic E-state index is 0.0293. The Morgan fingerprint density at radius 1 is 0.941 bits per heavy atom. The van der Waals surface area contributed by atoms with E-state index < -0.39 is 15.9 Å². The van der Waals surface area contributed by atoms with Crippen LogP contribution in [0.2, 0.25) is 0 Å². The lowest BCUT2D eigenvalue weighted by Gasteiger charge is -2.31. The Morgan fingerprint density at radius 2 is 1.62 bits per heavy atom. The predicted molar refractivity (Wildman–Crippen MR) is 131 cm³/mol. The number of anilines is 1. The molecular formula is C26H27N3O4S. The largest absolute Gasteiger partial charge is 0.369 e. The molecule has 34 heavy (non-hydrogen) atoms. The number of nitrogens with zero attached hydrogens (tertiary/aromatic N) is 2. The molecule has 0 radical (unpaired) electrons. The van der Waals surface area contributed by atoms with E-state index in [0.29, 0.717) is 25.1 Å². The highest BCUT2D eigenvalue weighted by molar-refractivity contribution is 7.92. The molecule has 176 valence electrons. The van der Waals surface area contributed by atoms with Crippen LogP contribution >= 0.6 is 0 Å². The minimum atomic E-state index is -3.97. The lowest BCUT2D eigenvalue weighted by atomic mass is 9.97. The second-order valence-electron chi connectivity index (χ2n) is 8.35. The average Bonchev–Trinajstić information content (AvgIpc) is 2.88. The first-order chi connectivity index (χ1) is 16.4. The van der Waals surface area contributed by atoms with E-state index in [1.165, 1.54) is 16.4 Å². The zero-order valence-electron chi connectivity index (χ0n) is 18.7. The third-order valence-corrected chi connectivity index (χ3v) is 7.76. The molecule has 4 rings (SSSR count). The van der Waals surface area contributed by atoms with Crippen LogP contribution in [-0.4, -0.2) is 38.2 Å². The first-order valence-corrected chi connectivity index (χ1v) is 12.6. The molecule has 7 nitrogen and oxygen atoms in total. The number of nitrogens with two attached hydrogens (primary N) is 1. The van der Waals surface area contributed by atoms with Gasteiger partial charge in [0.1, 0.15) is 0 Å². The number of hydrogen-bond acceptors (Lipinski definition) is 4. The van der Waals surface area contributed by atoms with E-state index in [0.717, 1.165) is 5.56 Å². The van der Waals surface area contributed by atoms with E-state index in [9.17, 15) is 18.0 Å². The van der Waals surface area contributed by atoms with Crippen LogP contribution in [0, 0.1) is 5.92 Å². The van der Waals surface area contributed by atoms with Gasteiger partial charge in [-0.3, -0.25) is 13.9 Å². The highest BCUT2D eigenvalue weighted by atomic mass is 32.2. The second-order valence-corrected chi connectivity index (χ2v) is 10.2. The maximum atomic E-state index is 13.8. The summed E-state index contributed by atoms with van der Waals surface area (Å²) in [6.07, 6.45) is 1.33. The molecule has 0 aliphatic carbocycles. The van der Waals surface area contributed by atoms with Gasteiger partial charge in [-0.15, -0.1) is 0 Å². The Balaban J connectivity index is 1.66. The Hall–Kier alpha value is -3.65. The highest BCUT2D eigenvalue weighted by Gasteiger charge is 2.30. The summed E-state index contributed by atoms with van der Waals surface area (Å²) >= 11 is 0. The van der Waals surface area contributed by atoms with Gasteiger partial charge in [0.15, 0.2) is 0 Å². The van der Waals surface area contributed by atoms with Crippen LogP contribution in [0.4, 0.5) is 5.69 Å². The molecular weight excluding hydrogens is 450 g/mol. The summed E-state index contributed by atoms with van der Waals surface area (Å²) in [4.78, 5) is 26.3. The summed E-state index contributed by atoms with van der Waals surface area (Å²) < 4.78 is 28.9. The van der Waals surface area contributed by atoms with Crippen molar-refractivity contribution in [3.63, 3.8) is 0 Å². The first-order valence-electron chi connectivity index (χ1n) is 11.2. The van der Waals surface area contributed by atoms with Crippen LogP contribution in [0.3, 0.4) is 0 Å². The molecule has 1 atom stereocenters. The summed E-state index contributed by atoms with van der Waals surface area (Å²) in [5.41, 5.74) is 7.07. The Morgan fingerprint density at radius 3 is 2.29 bits per heavy atom. The molecule has 1 aliphatic rings. The number of amides is 2. The maximum absolute atomic E-state index is 13.8. The van der Waals surface area contributed by atoms with E-state index in [-0.39, 0.29) is 35.4 Å². The molecule has 0 spiro atoms. The maximum Gasteiger partial charge on any atom is 0.264 e. The van der Waals surface area contributed by atoms with Crippen LogP contribution < -0.4 is 10.0 Å². The summed E-state index contributed by atoms with van der Waals surface area (Å²) in [5, 5.41) is 0. The topological polar surface area (TPSA) is 101 Å². The van der Waals surface area contributed by atoms with Crippen molar-refractivity contribution in [1.29, 1.82) is 0 Å². The highest BCUT2D eigenvalue weighted by Crippen LogP contribution is 2.27. The number of rotatable bonds is 7. The van der Waals surface area contributed by atoms with Crippen LogP contribution in [-0.2, 0) is 21.4 Å². The monoisotopic (exact) mass is 477 g/mol. The van der Waals surface area contributed by atoms with E-state index in [2.05, 4.69) is 0 Å². The number of benzene rings is 3. The minimum Gasteiger partial charge on any atom is -0.369 e. The number of hydrogen-bond donors (Lipinski definition) is 1. The van der Waals surface area contributed by atoms with E-state index >= 15 is 0 Å². The van der Waals surface area contributed by atoms with Crippen molar-refractivity contribution < 1.29 is 18.0 Å². The SMILES string of the molecule is NC(=O)[C@H]1CCCN(C(=O)c2cccc(S(=O)(=O)N(Cc3ccccc3)c3ccccc3)c2)C1. The fourth-order valence-corrected chi connectivity index (χ4v) is 5.65. The molecule has 1 heterocycles. The van der Waals surface area contributed by atoms with Gasteiger partial charge in [-0.05, 0) is 48.7 Å². The predicted octanol–water partition coefficient (Wildman–Crippen LogP) is 3.42. The molecule has 0 aromatic heterocycles. The second kappa shape index (κ2) is 10.1. The van der Waals surface area contributed by atoms with Gasteiger partial charge in [-0.2, -0.15) is 0 Å². The molecule has 0 saturated carbocycles. The normalized spacial score (nSPS) is 16.1. The number of piperidine rings is 1. The molecule has 2 N–H and O–H groups in total. The van der Waals surface area contributed by atoms with Crippen LogP contribution in [0.25, 0.3) is 0 Å². The molecule has 3 aromatic carbocycles. The molecule has 1 fully saturated rings. The standard InChI is InChI=1S/C26H27N3O4S/c27-25(30)22-12-8-16-28(19-22)26(31)21-11-7-15-24(17-21)34(32,33)29(23-13-5-2-6-14-23)18-20-9-3-1-4-10-20/h1-7,9-11,13-15,17,22H,8,12,16,18-19H2,(H2,27,30)/t22-/m0/s1. The number of carbonyl (C=O) groups excluding carboxylic acids is 2. The van der Waals surface area contributed by atoms with Gasteiger partial charge in [0.2, 0.25) is 5.91 Å². The van der Waals surface area contributed by atoms with Crippen molar-refractivity contribution in [2.75, 3.05) is 17.4 Å². The zero-order chi connectivity index (χ0) is 24.1. The van der Waals surface area contributed by atoms with Crippen molar-refractivity contribution in [2.45, 2.75) is 24.3 Å². The van der Waals surface area contributed by atoms with Gasteiger partial charge in [-0.1, -0.05) is 54.6 Å². The fraction of sp³-hybridized carbons (Fsp3) is 0.231. The lowest BCUT2D eigenvalue weighted by molar-refractivity contribution is -0.123. The number of para-hydroxylation sites is 1. The van der Waals surface area contributed by atoms with Crippen molar-refractivity contribution >= 4 is 27.5 Å². The molecule has 8 heteroatoms. The third-order valence-electron chi connectivity index (χ3n) is 5.99. The van der Waals surface area contributed by atoms with E-state index in [1.807, 2.05) is 36.4 Å². The summed E-state index contributed by atoms with van der Waals surface area (Å²) in [5.74, 6) is -1.12. The Labute approximate surface area is 199 Å². The van der Waals surface area contributed by atoms with Gasteiger partial charge in [0, 0.05) is 18.7 Å². The van der Waals surface area contributed by atoms with Gasteiger partial charge < -0.3 is 10.6 Å². The van der Waals surface area contributed by atoms with Crippen molar-refractivity contribution in [2.24, 2.45) is 11.7 Å². The molecule has 0 unspecified atom stereocenters. The van der Waals surface area contributed by atoms with Crippen LogP contribution in [0.15, 0.2) is 89.8 Å². The van der Waals surface area contributed by atoms with Gasteiger partial charge >= 0.3 is 0 Å². The zero-order valence-corrected chi connectivity index (χ0v) is 19.5. The van der Waals surface area contributed by atoms with Gasteiger partial charge in [0.05, 0.1) is 23.0 Å². The molecule has 0 bridgehead atoms. The third kappa shape index (κ3) is 5.12. The number of carbonyl (C=O) groups is 2. The van der Waals surface area contributed by atoms with Crippen LogP contribution in [0.5, 0.6) is 0 Å². The van der Waals surface area contributed by atoms with Crippen LogP contribution in [0.1, 0.15) is 28.8 Å². The summed E-state index contributed by atoms with van der Waals surface area (Å²) in [6.45, 7) is 0.900. The van der Waals surface area contributed by atoms with Crippen molar-refractivity contribution in [1.82, 2.24) is 4.90 Å². The number of likely N-dealkylation sites (tertiary alicyclic amines) is 1. The number of sulfonamides is 1. The molecule has 2 amide bonds. The Kier molecular flexibility index (Phi) is 6.98. The van der Waals surface area contributed by atoms with Gasteiger partial charge in [0.25, 0.3) is 15.9 Å². The van der Waals surface area contributed by atoms with E-state index in [4.69, 9.17) is 5.73 Å². The lowest BCUT2D eigenvalue weighted by Crippen LogP contribution is -2.44. The smallest absolute Gasteiger partial charge is 0.264 e. The average molecular weight is 478 g/mol. The molecule has 1 aliphatic heterocycles. The molecule has 3 aromatic rings. The van der Waals surface area contributed by atoms with Gasteiger partial charge in [-0.25, -0.2) is 8.42 Å². The summed E-state index contributed by atoms with van der Waals surface area (Å²) in [7, 11) is -3.97. The fourth-order valence-electron chi connectivity index (χ4n) is 4.15. The quantitative estimate of drug-likeness (QED) is 0.563. The molecule has 1 saturated heterocycles. The van der Waals surface area contributed by atoms with Crippen molar-refractivity contribution in [3.05, 3.63) is 96.1 Å². The first kappa shape index (κ1) is 23.5. The Bertz CT molecular complexity index is 1260.